The van der Waals surface area contributed by atoms with E-state index in [1.165, 1.54) is 12.1 Å². The van der Waals surface area contributed by atoms with Gasteiger partial charge in [-0.15, -0.1) is 0 Å². The number of aromatic amines is 1. The minimum atomic E-state index is -4.58. The highest BCUT2D eigenvalue weighted by Gasteiger charge is 2.46. The lowest BCUT2D eigenvalue weighted by atomic mass is 9.79. The average molecular weight is 558 g/mol. The number of aryl methyl sites for hydroxylation is 1. The molecule has 1 aliphatic carbocycles. The summed E-state index contributed by atoms with van der Waals surface area (Å²) >= 11 is 0. The number of fused-ring (bicyclic) bond motifs is 3. The van der Waals surface area contributed by atoms with Crippen molar-refractivity contribution in [1.82, 2.24) is 15.6 Å². The lowest BCUT2D eigenvalue weighted by Gasteiger charge is -2.36. The van der Waals surface area contributed by atoms with Crippen LogP contribution < -0.4 is 10.6 Å². The molecule has 7 nitrogen and oxygen atoms in total. The van der Waals surface area contributed by atoms with Crippen LogP contribution in [0.4, 0.5) is 13.2 Å². The zero-order valence-corrected chi connectivity index (χ0v) is 22.7. The minimum absolute atomic E-state index is 0.0159. The number of nitrogens with one attached hydrogen (secondary N) is 3. The van der Waals surface area contributed by atoms with E-state index in [0.29, 0.717) is 24.1 Å². The number of benzene rings is 2. The Balaban J connectivity index is 1.63. The van der Waals surface area contributed by atoms with Gasteiger partial charge in [0.2, 0.25) is 11.8 Å². The Morgan fingerprint density at radius 2 is 1.73 bits per heavy atom. The molecule has 1 heterocycles. The van der Waals surface area contributed by atoms with Crippen molar-refractivity contribution in [1.29, 1.82) is 0 Å². The smallest absolute Gasteiger partial charge is 0.418 e. The van der Waals surface area contributed by atoms with Gasteiger partial charge in [-0.1, -0.05) is 69.7 Å². The summed E-state index contributed by atoms with van der Waals surface area (Å²) in [7, 11) is 0. The van der Waals surface area contributed by atoms with Crippen molar-refractivity contribution in [3.05, 3.63) is 70.9 Å². The van der Waals surface area contributed by atoms with Crippen LogP contribution in [0.15, 0.2) is 48.5 Å². The first kappa shape index (κ1) is 29.2. The third kappa shape index (κ3) is 5.57. The molecule has 4 rings (SSSR count). The fourth-order valence-corrected chi connectivity index (χ4v) is 5.58. The van der Waals surface area contributed by atoms with Crippen molar-refractivity contribution < 1.29 is 32.7 Å². The third-order valence-corrected chi connectivity index (χ3v) is 8.11. The topological polar surface area (TPSA) is 111 Å². The van der Waals surface area contributed by atoms with E-state index in [-0.39, 0.29) is 42.0 Å². The summed E-state index contributed by atoms with van der Waals surface area (Å²) in [6.07, 6.45) is -3.59. The van der Waals surface area contributed by atoms with Gasteiger partial charge in [0.05, 0.1) is 17.0 Å². The molecule has 3 aromatic rings. The van der Waals surface area contributed by atoms with Gasteiger partial charge in [-0.2, -0.15) is 13.2 Å². The van der Waals surface area contributed by atoms with Crippen LogP contribution in [-0.4, -0.2) is 39.5 Å². The Morgan fingerprint density at radius 1 is 1.02 bits per heavy atom. The van der Waals surface area contributed by atoms with Gasteiger partial charge in [0.15, 0.2) is 0 Å². The number of hydrogen-bond acceptors (Lipinski definition) is 3. The van der Waals surface area contributed by atoms with Gasteiger partial charge in [-0.25, -0.2) is 4.79 Å². The summed E-state index contributed by atoms with van der Waals surface area (Å²) < 4.78 is 40.9. The zero-order chi connectivity index (χ0) is 29.2. The predicted molar refractivity (Wildman–Crippen MR) is 145 cm³/mol. The normalized spacial score (nSPS) is 19.4. The molecule has 1 aliphatic rings. The zero-order valence-electron chi connectivity index (χ0n) is 22.7. The van der Waals surface area contributed by atoms with Crippen molar-refractivity contribution in [3.63, 3.8) is 0 Å². The number of aliphatic carboxylic acids is 1. The molecule has 4 atom stereocenters. The molecule has 40 heavy (non-hydrogen) atoms. The van der Waals surface area contributed by atoms with Crippen molar-refractivity contribution in [2.75, 3.05) is 0 Å². The molecule has 1 aromatic heterocycles. The van der Waals surface area contributed by atoms with E-state index < -0.39 is 41.1 Å². The number of carboxylic acids is 1. The van der Waals surface area contributed by atoms with Crippen LogP contribution in [0.2, 0.25) is 0 Å². The van der Waals surface area contributed by atoms with E-state index in [9.17, 15) is 32.7 Å². The highest BCUT2D eigenvalue weighted by atomic mass is 19.4. The maximum absolute atomic E-state index is 13.7. The van der Waals surface area contributed by atoms with Gasteiger partial charge >= 0.3 is 12.1 Å². The Bertz CT molecular complexity index is 1400. The van der Waals surface area contributed by atoms with Crippen LogP contribution in [0.25, 0.3) is 10.9 Å². The third-order valence-electron chi connectivity index (χ3n) is 8.11. The molecule has 2 aromatic carbocycles. The first-order valence-electron chi connectivity index (χ1n) is 13.5. The standard InChI is InChI=1S/C30H34F3N3O4/c1-4-17(3)24(35-26(37)19(5-2)18-10-7-6-8-11-18)27(38)36-29(28(39)40)15-14-23-21(16-29)20-12-9-13-22(25(20)34-23)30(31,32)33/h6-13,17,19,24,34H,4-5,14-16H2,1-3H3,(H,35,37)(H,36,38)(H,39,40). The lowest BCUT2D eigenvalue weighted by Crippen LogP contribution is -2.62. The predicted octanol–water partition coefficient (Wildman–Crippen LogP) is 5.34. The summed E-state index contributed by atoms with van der Waals surface area (Å²) in [6, 6.07) is 12.0. The fourth-order valence-electron chi connectivity index (χ4n) is 5.58. The van der Waals surface area contributed by atoms with Crippen molar-refractivity contribution in [3.8, 4) is 0 Å². The number of halogens is 3. The Labute approximate surface area is 230 Å². The molecule has 0 saturated carbocycles. The Morgan fingerprint density at radius 3 is 2.33 bits per heavy atom. The Hall–Kier alpha value is -3.82. The Kier molecular flexibility index (Phi) is 8.28. The summed E-state index contributed by atoms with van der Waals surface area (Å²) in [5, 5.41) is 16.1. The second-order valence-electron chi connectivity index (χ2n) is 10.6. The molecule has 214 valence electrons. The fraction of sp³-hybridized carbons (Fsp3) is 0.433. The monoisotopic (exact) mass is 557 g/mol. The summed E-state index contributed by atoms with van der Waals surface area (Å²) in [5.41, 5.74) is -0.887. The second kappa shape index (κ2) is 11.3. The number of rotatable bonds is 9. The molecule has 0 bridgehead atoms. The van der Waals surface area contributed by atoms with Crippen LogP contribution in [0, 0.1) is 5.92 Å². The van der Waals surface area contributed by atoms with Crippen molar-refractivity contribution >= 4 is 28.7 Å². The molecule has 4 N–H and O–H groups in total. The molecule has 0 aliphatic heterocycles. The molecule has 0 saturated heterocycles. The average Bonchev–Trinajstić information content (AvgIpc) is 3.29. The van der Waals surface area contributed by atoms with Gasteiger partial charge in [0.25, 0.3) is 0 Å². The van der Waals surface area contributed by atoms with Crippen LogP contribution in [-0.2, 0) is 33.4 Å². The number of alkyl halides is 3. The molecule has 4 unspecified atom stereocenters. The quantitative estimate of drug-likeness (QED) is 0.285. The summed E-state index contributed by atoms with van der Waals surface area (Å²) in [5.74, 6) is -3.03. The molecule has 0 spiro atoms. The number of H-pyrrole nitrogens is 1. The summed E-state index contributed by atoms with van der Waals surface area (Å²) in [6.45, 7) is 5.55. The molecular weight excluding hydrogens is 523 g/mol. The number of carbonyl (C=O) groups excluding carboxylic acids is 2. The van der Waals surface area contributed by atoms with Crippen LogP contribution in [0.5, 0.6) is 0 Å². The van der Waals surface area contributed by atoms with E-state index in [2.05, 4.69) is 15.6 Å². The van der Waals surface area contributed by atoms with Crippen LogP contribution in [0.3, 0.4) is 0 Å². The molecular formula is C30H34F3N3O4. The van der Waals surface area contributed by atoms with Crippen molar-refractivity contribution in [2.24, 2.45) is 5.92 Å². The lowest BCUT2D eigenvalue weighted by molar-refractivity contribution is -0.149. The maximum Gasteiger partial charge on any atom is 0.418 e. The number of aromatic nitrogens is 1. The molecule has 0 radical (unpaired) electrons. The summed E-state index contributed by atoms with van der Waals surface area (Å²) in [4.78, 5) is 42.4. The second-order valence-corrected chi connectivity index (χ2v) is 10.6. The first-order chi connectivity index (χ1) is 18.9. The van der Waals surface area contributed by atoms with Crippen LogP contribution >= 0.6 is 0 Å². The minimum Gasteiger partial charge on any atom is -0.479 e. The number of carbonyl (C=O) groups is 3. The van der Waals surface area contributed by atoms with Crippen LogP contribution in [0.1, 0.15) is 68.3 Å². The van der Waals surface area contributed by atoms with E-state index in [1.54, 1.807) is 6.92 Å². The van der Waals surface area contributed by atoms with Gasteiger partial charge in [0, 0.05) is 17.5 Å². The largest absolute Gasteiger partial charge is 0.479 e. The number of carboxylic acid groups (broad SMARTS) is 1. The number of para-hydroxylation sites is 1. The van der Waals surface area contributed by atoms with E-state index >= 15 is 0 Å². The van der Waals surface area contributed by atoms with E-state index in [1.807, 2.05) is 44.2 Å². The number of hydrogen-bond donors (Lipinski definition) is 4. The first-order valence-corrected chi connectivity index (χ1v) is 13.5. The van der Waals surface area contributed by atoms with Crippen molar-refractivity contribution in [2.45, 2.75) is 76.6 Å². The molecule has 10 heteroatoms. The maximum atomic E-state index is 13.7. The van der Waals surface area contributed by atoms with Gasteiger partial charge in [-0.3, -0.25) is 9.59 Å². The SMILES string of the molecule is CCC(C(=O)NC(C(=O)NC1(C(=O)O)CCc2[nH]c3c(C(F)(F)F)cccc3c2C1)C(C)CC)c1ccccc1. The number of amides is 2. The van der Waals surface area contributed by atoms with Gasteiger partial charge in [0.1, 0.15) is 11.6 Å². The van der Waals surface area contributed by atoms with E-state index in [0.717, 1.165) is 11.6 Å². The van der Waals surface area contributed by atoms with E-state index in [4.69, 9.17) is 0 Å². The van der Waals surface area contributed by atoms with Gasteiger partial charge in [-0.05, 0) is 42.4 Å². The highest BCUT2D eigenvalue weighted by molar-refractivity contribution is 5.95. The highest BCUT2D eigenvalue weighted by Crippen LogP contribution is 2.40. The molecule has 2 amide bonds. The molecule has 0 fully saturated rings. The van der Waals surface area contributed by atoms with Gasteiger partial charge < -0.3 is 20.7 Å².